The Bertz CT molecular complexity index is 1560. The fourth-order valence-corrected chi connectivity index (χ4v) is 4.95. The van der Waals surface area contributed by atoms with E-state index in [-0.39, 0.29) is 0 Å². The van der Waals surface area contributed by atoms with Gasteiger partial charge in [-0.1, -0.05) is 109 Å². The molecule has 0 bridgehead atoms. The molecule has 0 aliphatic heterocycles. The Kier molecular flexibility index (Phi) is 4.56. The minimum atomic E-state index is 0.758. The Labute approximate surface area is 192 Å². The lowest BCUT2D eigenvalue weighted by Gasteiger charge is -2.12. The van der Waals surface area contributed by atoms with E-state index in [1.807, 2.05) is 18.2 Å². The smallest absolute Gasteiger partial charge is 0.0620 e. The molecule has 5 aromatic carbocycles. The van der Waals surface area contributed by atoms with Gasteiger partial charge in [0, 0.05) is 32.6 Å². The summed E-state index contributed by atoms with van der Waals surface area (Å²) >= 11 is 6.67. The van der Waals surface area contributed by atoms with E-state index in [4.69, 9.17) is 11.6 Å². The molecular weight excluding hydrogens is 410 g/mol. The molecule has 0 fully saturated rings. The number of rotatable bonds is 3. The van der Waals surface area contributed by atoms with Crippen LogP contribution in [-0.2, 0) is 0 Å². The van der Waals surface area contributed by atoms with Gasteiger partial charge in [0.15, 0.2) is 0 Å². The molecule has 0 radical (unpaired) electrons. The predicted octanol–water partition coefficient (Wildman–Crippen LogP) is 8.77. The highest BCUT2D eigenvalue weighted by molar-refractivity contribution is 6.34. The van der Waals surface area contributed by atoms with E-state index >= 15 is 0 Å². The summed E-state index contributed by atoms with van der Waals surface area (Å²) in [7, 11) is 0. The van der Waals surface area contributed by atoms with Crippen molar-refractivity contribution >= 4 is 33.4 Å². The molecule has 32 heavy (non-hydrogen) atoms. The molecule has 6 aromatic rings. The van der Waals surface area contributed by atoms with Crippen molar-refractivity contribution in [3.05, 3.63) is 126 Å². The van der Waals surface area contributed by atoms with Crippen LogP contribution in [0.2, 0.25) is 5.02 Å². The Balaban J connectivity index is 1.82. The standard InChI is InChI=1S/C30H20ClN/c31-27-19-8-7-15-24(27)25-17-9-18-26-29-23(21-11-3-1-4-12-21)16-10-20-28(29)32(30(25)26)22-13-5-2-6-14-22/h1-20H. The van der Waals surface area contributed by atoms with Gasteiger partial charge in [-0.2, -0.15) is 0 Å². The first-order valence-electron chi connectivity index (χ1n) is 10.7. The lowest BCUT2D eigenvalue weighted by atomic mass is 9.97. The second-order valence-electron chi connectivity index (χ2n) is 7.92. The van der Waals surface area contributed by atoms with Gasteiger partial charge >= 0.3 is 0 Å². The second-order valence-corrected chi connectivity index (χ2v) is 8.33. The van der Waals surface area contributed by atoms with Crippen molar-refractivity contribution in [2.24, 2.45) is 0 Å². The number of hydrogen-bond donors (Lipinski definition) is 0. The molecule has 152 valence electrons. The molecule has 0 N–H and O–H groups in total. The van der Waals surface area contributed by atoms with Gasteiger partial charge in [-0.25, -0.2) is 0 Å². The van der Waals surface area contributed by atoms with E-state index < -0.39 is 0 Å². The lowest BCUT2D eigenvalue weighted by molar-refractivity contribution is 1.18. The number of halogens is 1. The molecule has 0 spiro atoms. The minimum Gasteiger partial charge on any atom is -0.309 e. The maximum absolute atomic E-state index is 6.67. The van der Waals surface area contributed by atoms with Crippen LogP contribution >= 0.6 is 11.6 Å². The first-order valence-corrected chi connectivity index (χ1v) is 11.1. The van der Waals surface area contributed by atoms with Crippen LogP contribution in [-0.4, -0.2) is 4.57 Å². The van der Waals surface area contributed by atoms with E-state index in [0.29, 0.717) is 0 Å². The molecule has 0 aliphatic carbocycles. The number of benzene rings is 5. The molecule has 0 atom stereocenters. The molecular formula is C30H20ClN. The molecule has 0 amide bonds. The lowest BCUT2D eigenvalue weighted by Crippen LogP contribution is -1.95. The second kappa shape index (κ2) is 7.71. The van der Waals surface area contributed by atoms with Crippen LogP contribution in [0.25, 0.3) is 49.7 Å². The fraction of sp³-hybridized carbons (Fsp3) is 0. The quantitative estimate of drug-likeness (QED) is 0.265. The fourth-order valence-electron chi connectivity index (χ4n) is 4.72. The van der Waals surface area contributed by atoms with E-state index in [9.17, 15) is 0 Å². The molecule has 1 aromatic heterocycles. The number of para-hydroxylation sites is 2. The zero-order chi connectivity index (χ0) is 21.5. The number of aromatic nitrogens is 1. The van der Waals surface area contributed by atoms with Gasteiger partial charge in [-0.3, -0.25) is 0 Å². The summed E-state index contributed by atoms with van der Waals surface area (Å²) in [5.74, 6) is 0. The summed E-state index contributed by atoms with van der Waals surface area (Å²) in [4.78, 5) is 0. The van der Waals surface area contributed by atoms with Crippen molar-refractivity contribution in [2.45, 2.75) is 0 Å². The molecule has 1 heterocycles. The van der Waals surface area contributed by atoms with Gasteiger partial charge in [-0.15, -0.1) is 0 Å². The van der Waals surface area contributed by atoms with E-state index in [1.165, 1.54) is 32.9 Å². The summed E-state index contributed by atoms with van der Waals surface area (Å²) in [6, 6.07) is 42.4. The SMILES string of the molecule is Clc1ccccc1-c1cccc2c3c(-c4ccccc4)cccc3n(-c3ccccc3)c12. The zero-order valence-electron chi connectivity index (χ0n) is 17.4. The van der Waals surface area contributed by atoms with E-state index in [0.717, 1.165) is 21.8 Å². The van der Waals surface area contributed by atoms with Gasteiger partial charge in [0.1, 0.15) is 0 Å². The van der Waals surface area contributed by atoms with Gasteiger partial charge in [0.05, 0.1) is 11.0 Å². The van der Waals surface area contributed by atoms with Crippen LogP contribution in [0, 0.1) is 0 Å². The summed E-state index contributed by atoms with van der Waals surface area (Å²) in [6.07, 6.45) is 0. The molecule has 1 nitrogen and oxygen atoms in total. The number of nitrogens with zero attached hydrogens (tertiary/aromatic N) is 1. The first kappa shape index (κ1) is 18.9. The Hall–Kier alpha value is -3.81. The average Bonchev–Trinajstić information content (AvgIpc) is 3.20. The summed E-state index contributed by atoms with van der Waals surface area (Å²) < 4.78 is 2.37. The van der Waals surface area contributed by atoms with Crippen LogP contribution < -0.4 is 0 Å². The van der Waals surface area contributed by atoms with Gasteiger partial charge < -0.3 is 4.57 Å². The first-order chi connectivity index (χ1) is 15.8. The van der Waals surface area contributed by atoms with Crippen LogP contribution in [0.15, 0.2) is 121 Å². The van der Waals surface area contributed by atoms with Crippen molar-refractivity contribution in [1.82, 2.24) is 4.57 Å². The third-order valence-electron chi connectivity index (χ3n) is 6.08. The Morgan fingerprint density at radius 1 is 0.500 bits per heavy atom. The van der Waals surface area contributed by atoms with Crippen molar-refractivity contribution in [3.8, 4) is 27.9 Å². The monoisotopic (exact) mass is 429 g/mol. The predicted molar refractivity (Wildman–Crippen MR) is 137 cm³/mol. The highest BCUT2D eigenvalue weighted by Crippen LogP contribution is 2.43. The van der Waals surface area contributed by atoms with Gasteiger partial charge in [-0.05, 0) is 35.4 Å². The van der Waals surface area contributed by atoms with Crippen molar-refractivity contribution in [2.75, 3.05) is 0 Å². The maximum atomic E-state index is 6.67. The maximum Gasteiger partial charge on any atom is 0.0620 e. The Morgan fingerprint density at radius 3 is 1.91 bits per heavy atom. The molecule has 6 rings (SSSR count). The molecule has 0 unspecified atom stereocenters. The zero-order valence-corrected chi connectivity index (χ0v) is 18.1. The third-order valence-corrected chi connectivity index (χ3v) is 6.41. The highest BCUT2D eigenvalue weighted by atomic mass is 35.5. The minimum absolute atomic E-state index is 0.758. The molecule has 0 saturated carbocycles. The normalized spacial score (nSPS) is 11.3. The number of fused-ring (bicyclic) bond motifs is 3. The van der Waals surface area contributed by atoms with E-state index in [1.54, 1.807) is 0 Å². The van der Waals surface area contributed by atoms with Crippen LogP contribution in [0.3, 0.4) is 0 Å². The topological polar surface area (TPSA) is 4.93 Å². The van der Waals surface area contributed by atoms with Gasteiger partial charge in [0.25, 0.3) is 0 Å². The average molecular weight is 430 g/mol. The molecule has 0 aliphatic rings. The van der Waals surface area contributed by atoms with Crippen LogP contribution in [0.1, 0.15) is 0 Å². The summed E-state index contributed by atoms with van der Waals surface area (Å²) in [5.41, 5.74) is 8.12. The van der Waals surface area contributed by atoms with Crippen LogP contribution in [0.4, 0.5) is 0 Å². The van der Waals surface area contributed by atoms with Crippen molar-refractivity contribution in [1.29, 1.82) is 0 Å². The largest absolute Gasteiger partial charge is 0.309 e. The third kappa shape index (κ3) is 2.94. The van der Waals surface area contributed by atoms with Gasteiger partial charge in [0.2, 0.25) is 0 Å². The summed E-state index contributed by atoms with van der Waals surface area (Å²) in [6.45, 7) is 0. The molecule has 0 saturated heterocycles. The molecule has 2 heteroatoms. The van der Waals surface area contributed by atoms with Crippen molar-refractivity contribution < 1.29 is 0 Å². The highest BCUT2D eigenvalue weighted by Gasteiger charge is 2.19. The summed E-state index contributed by atoms with van der Waals surface area (Å²) in [5, 5.41) is 3.24. The number of hydrogen-bond acceptors (Lipinski definition) is 0. The van der Waals surface area contributed by atoms with Crippen molar-refractivity contribution in [3.63, 3.8) is 0 Å². The van der Waals surface area contributed by atoms with E-state index in [2.05, 4.69) is 108 Å². The van der Waals surface area contributed by atoms with Crippen LogP contribution in [0.5, 0.6) is 0 Å². The Morgan fingerprint density at radius 2 is 1.12 bits per heavy atom.